The third-order valence-corrected chi connectivity index (χ3v) is 1.78. The number of rotatable bonds is 4. The van der Waals surface area contributed by atoms with Crippen molar-refractivity contribution < 1.29 is 9.72 Å². The lowest BCUT2D eigenvalue weighted by atomic mass is 10.2. The molecule has 7 nitrogen and oxygen atoms in total. The van der Waals surface area contributed by atoms with E-state index in [-0.39, 0.29) is 17.8 Å². The molecule has 0 atom stereocenters. The number of nitrogen functional groups attached to an aromatic ring is 1. The standard InChI is InChI=1S/C9H10N4O3/c1-2-3-12-9(14)6-4-11-5-7(10)8(6)13(15)16/h2,4-5H,1,3,10H2,(H,12,14). The maximum absolute atomic E-state index is 11.5. The van der Waals surface area contributed by atoms with Gasteiger partial charge in [0.15, 0.2) is 0 Å². The van der Waals surface area contributed by atoms with Crippen molar-refractivity contribution >= 4 is 17.3 Å². The highest BCUT2D eigenvalue weighted by molar-refractivity contribution is 5.99. The number of nitrogens with two attached hydrogens (primary N) is 1. The van der Waals surface area contributed by atoms with Crippen molar-refractivity contribution in [1.82, 2.24) is 10.3 Å². The highest BCUT2D eigenvalue weighted by Crippen LogP contribution is 2.24. The second-order valence-corrected chi connectivity index (χ2v) is 2.88. The van der Waals surface area contributed by atoms with Gasteiger partial charge in [0.25, 0.3) is 5.91 Å². The monoisotopic (exact) mass is 222 g/mol. The Morgan fingerprint density at radius 1 is 1.69 bits per heavy atom. The van der Waals surface area contributed by atoms with Crippen LogP contribution in [0.25, 0.3) is 0 Å². The van der Waals surface area contributed by atoms with Crippen LogP contribution in [-0.4, -0.2) is 22.4 Å². The summed E-state index contributed by atoms with van der Waals surface area (Å²) >= 11 is 0. The highest BCUT2D eigenvalue weighted by Gasteiger charge is 2.23. The summed E-state index contributed by atoms with van der Waals surface area (Å²) < 4.78 is 0. The Balaban J connectivity index is 3.12. The summed E-state index contributed by atoms with van der Waals surface area (Å²) in [6.45, 7) is 3.63. The molecule has 1 amide bonds. The molecule has 1 aromatic rings. The number of amides is 1. The molecule has 0 saturated carbocycles. The fourth-order valence-electron chi connectivity index (χ4n) is 1.10. The number of hydrogen-bond acceptors (Lipinski definition) is 5. The molecule has 3 N–H and O–H groups in total. The van der Waals surface area contributed by atoms with E-state index in [1.807, 2.05) is 0 Å². The number of aromatic nitrogens is 1. The maximum Gasteiger partial charge on any atom is 0.307 e. The number of anilines is 1. The van der Waals surface area contributed by atoms with Crippen LogP contribution in [0.4, 0.5) is 11.4 Å². The van der Waals surface area contributed by atoms with Crippen LogP contribution in [-0.2, 0) is 0 Å². The van der Waals surface area contributed by atoms with Crippen LogP contribution in [0.15, 0.2) is 25.0 Å². The topological polar surface area (TPSA) is 111 Å². The summed E-state index contributed by atoms with van der Waals surface area (Å²) in [5, 5.41) is 13.1. The van der Waals surface area contributed by atoms with E-state index < -0.39 is 16.5 Å². The Morgan fingerprint density at radius 3 is 2.94 bits per heavy atom. The molecule has 0 bridgehead atoms. The van der Waals surface area contributed by atoms with Crippen molar-refractivity contribution in [1.29, 1.82) is 0 Å². The summed E-state index contributed by atoms with van der Waals surface area (Å²) in [6, 6.07) is 0. The normalized spacial score (nSPS) is 9.50. The summed E-state index contributed by atoms with van der Waals surface area (Å²) in [6.07, 6.45) is 3.69. The minimum Gasteiger partial charge on any atom is -0.392 e. The van der Waals surface area contributed by atoms with Crippen LogP contribution in [0.2, 0.25) is 0 Å². The van der Waals surface area contributed by atoms with Crippen LogP contribution in [0, 0.1) is 10.1 Å². The van der Waals surface area contributed by atoms with E-state index >= 15 is 0 Å². The Hall–Kier alpha value is -2.44. The minimum atomic E-state index is -0.708. The smallest absolute Gasteiger partial charge is 0.307 e. The third kappa shape index (κ3) is 2.32. The van der Waals surface area contributed by atoms with Crippen molar-refractivity contribution in [2.75, 3.05) is 12.3 Å². The molecule has 1 rings (SSSR count). The Kier molecular flexibility index (Phi) is 3.54. The molecule has 1 aromatic heterocycles. The molecule has 0 spiro atoms. The van der Waals surface area contributed by atoms with Gasteiger partial charge in [0, 0.05) is 12.7 Å². The lowest BCUT2D eigenvalue weighted by molar-refractivity contribution is -0.384. The van der Waals surface area contributed by atoms with Crippen molar-refractivity contribution in [3.05, 3.63) is 40.7 Å². The average molecular weight is 222 g/mol. The molecule has 0 radical (unpaired) electrons. The zero-order chi connectivity index (χ0) is 12.1. The van der Waals surface area contributed by atoms with Crippen LogP contribution in [0.1, 0.15) is 10.4 Å². The molecule has 0 aliphatic rings. The average Bonchev–Trinajstić information content (AvgIpc) is 2.24. The number of carbonyl (C=O) groups is 1. The van der Waals surface area contributed by atoms with Gasteiger partial charge in [-0.1, -0.05) is 6.08 Å². The Bertz CT molecular complexity index is 444. The quantitative estimate of drug-likeness (QED) is 0.437. The molecule has 0 fully saturated rings. The minimum absolute atomic E-state index is 0.142. The third-order valence-electron chi connectivity index (χ3n) is 1.78. The van der Waals surface area contributed by atoms with Crippen molar-refractivity contribution in [2.45, 2.75) is 0 Å². The van der Waals surface area contributed by atoms with Gasteiger partial charge in [-0.3, -0.25) is 19.9 Å². The first-order chi connectivity index (χ1) is 7.57. The summed E-state index contributed by atoms with van der Waals surface area (Å²) in [4.78, 5) is 25.2. The molecule has 84 valence electrons. The fraction of sp³-hybridized carbons (Fsp3) is 0.111. The van der Waals surface area contributed by atoms with Gasteiger partial charge in [-0.2, -0.15) is 0 Å². The van der Waals surface area contributed by atoms with Crippen molar-refractivity contribution in [2.24, 2.45) is 0 Å². The Morgan fingerprint density at radius 2 is 2.38 bits per heavy atom. The Labute approximate surface area is 91.1 Å². The predicted octanol–water partition coefficient (Wildman–Crippen LogP) is 0.488. The maximum atomic E-state index is 11.5. The number of carbonyl (C=O) groups excluding carboxylic acids is 1. The number of nitrogens with one attached hydrogen (secondary N) is 1. The van der Waals surface area contributed by atoms with Crippen LogP contribution in [0.5, 0.6) is 0 Å². The molecule has 1 heterocycles. The second kappa shape index (κ2) is 4.87. The first-order valence-corrected chi connectivity index (χ1v) is 4.35. The van der Waals surface area contributed by atoms with E-state index in [9.17, 15) is 14.9 Å². The van der Waals surface area contributed by atoms with Gasteiger partial charge in [-0.05, 0) is 0 Å². The largest absolute Gasteiger partial charge is 0.392 e. The molecular weight excluding hydrogens is 212 g/mol. The lowest BCUT2D eigenvalue weighted by Crippen LogP contribution is -2.24. The van der Waals surface area contributed by atoms with Gasteiger partial charge in [0.1, 0.15) is 11.3 Å². The van der Waals surface area contributed by atoms with Gasteiger partial charge in [-0.25, -0.2) is 0 Å². The summed E-state index contributed by atoms with van der Waals surface area (Å²) in [5.41, 5.74) is 4.65. The molecule has 0 aliphatic heterocycles. The molecule has 7 heteroatoms. The zero-order valence-electron chi connectivity index (χ0n) is 8.34. The number of pyridine rings is 1. The van der Waals surface area contributed by atoms with E-state index in [0.717, 1.165) is 12.4 Å². The van der Waals surface area contributed by atoms with E-state index in [1.54, 1.807) is 0 Å². The molecule has 0 aromatic carbocycles. The molecule has 16 heavy (non-hydrogen) atoms. The fourth-order valence-corrected chi connectivity index (χ4v) is 1.10. The van der Waals surface area contributed by atoms with Gasteiger partial charge >= 0.3 is 5.69 Å². The van der Waals surface area contributed by atoms with Gasteiger partial charge in [0.05, 0.1) is 11.1 Å². The van der Waals surface area contributed by atoms with Crippen LogP contribution < -0.4 is 11.1 Å². The zero-order valence-corrected chi connectivity index (χ0v) is 8.34. The molecule has 0 aliphatic carbocycles. The highest BCUT2D eigenvalue weighted by atomic mass is 16.6. The van der Waals surface area contributed by atoms with Crippen LogP contribution in [0.3, 0.4) is 0 Å². The number of nitro groups is 1. The predicted molar refractivity (Wildman–Crippen MR) is 57.8 cm³/mol. The number of nitrogens with zero attached hydrogens (tertiary/aromatic N) is 2. The van der Waals surface area contributed by atoms with Crippen molar-refractivity contribution in [3.63, 3.8) is 0 Å². The van der Waals surface area contributed by atoms with Crippen molar-refractivity contribution in [3.8, 4) is 0 Å². The second-order valence-electron chi connectivity index (χ2n) is 2.88. The SMILES string of the molecule is C=CCNC(=O)c1cncc(N)c1[N+](=O)[O-]. The first-order valence-electron chi connectivity index (χ1n) is 4.35. The van der Waals surface area contributed by atoms with Gasteiger partial charge in [0.2, 0.25) is 0 Å². The van der Waals surface area contributed by atoms with Gasteiger partial charge in [-0.15, -0.1) is 6.58 Å². The summed E-state index contributed by atoms with van der Waals surface area (Å²) in [5.74, 6) is -0.605. The van der Waals surface area contributed by atoms with E-state index in [1.165, 1.54) is 6.08 Å². The van der Waals surface area contributed by atoms with Crippen LogP contribution >= 0.6 is 0 Å². The molecule has 0 unspecified atom stereocenters. The van der Waals surface area contributed by atoms with E-state index in [4.69, 9.17) is 5.73 Å². The molecular formula is C9H10N4O3. The first kappa shape index (κ1) is 11.6. The molecule has 0 saturated heterocycles. The lowest BCUT2D eigenvalue weighted by Gasteiger charge is -2.04. The van der Waals surface area contributed by atoms with Gasteiger partial charge < -0.3 is 11.1 Å². The number of hydrogen-bond donors (Lipinski definition) is 2. The summed E-state index contributed by atoms with van der Waals surface area (Å²) in [7, 11) is 0. The van der Waals surface area contributed by atoms with E-state index in [2.05, 4.69) is 16.9 Å². The van der Waals surface area contributed by atoms with E-state index in [0.29, 0.717) is 0 Å².